The molecule has 162 valence electrons. The van der Waals surface area contributed by atoms with Crippen LogP contribution in [-0.2, 0) is 11.2 Å². The molecule has 1 atom stereocenters. The van der Waals surface area contributed by atoms with Gasteiger partial charge in [-0.05, 0) is 42.8 Å². The number of carbonyl (C=O) groups excluding carboxylic acids is 3. The molecule has 2 N–H and O–H groups in total. The van der Waals surface area contributed by atoms with Gasteiger partial charge < -0.3 is 10.6 Å². The van der Waals surface area contributed by atoms with Gasteiger partial charge in [0.05, 0.1) is 10.7 Å². The number of imide groups is 1. The van der Waals surface area contributed by atoms with Crippen LogP contribution in [0.5, 0.6) is 0 Å². The molecule has 0 bridgehead atoms. The maximum Gasteiger partial charge on any atom is 0.329 e. The summed E-state index contributed by atoms with van der Waals surface area (Å²) in [6.45, 7) is 1.66. The van der Waals surface area contributed by atoms with Crippen LogP contribution in [0.4, 0.5) is 20.6 Å². The molecular weight excluding hydrogens is 435 g/mol. The molecule has 1 aliphatic rings. The highest BCUT2D eigenvalue weighted by Gasteiger charge is 2.48. The Balaban J connectivity index is 1.54. The van der Waals surface area contributed by atoms with Gasteiger partial charge in [0.2, 0.25) is 5.95 Å². The molecule has 9 heteroatoms. The van der Waals surface area contributed by atoms with E-state index in [0.717, 1.165) is 16.5 Å². The minimum Gasteiger partial charge on any atom is -0.323 e. The fraction of sp³-hybridized carbons (Fsp3) is 0.130. The molecule has 0 spiro atoms. The second kappa shape index (κ2) is 8.39. The summed E-state index contributed by atoms with van der Waals surface area (Å²) < 4.78 is 13.2. The molecule has 4 amide bonds. The number of aromatic nitrogens is 1. The third kappa shape index (κ3) is 4.17. The minimum absolute atomic E-state index is 0.0856. The third-order valence-electron chi connectivity index (χ3n) is 5.06. The van der Waals surface area contributed by atoms with E-state index in [9.17, 15) is 18.8 Å². The van der Waals surface area contributed by atoms with Gasteiger partial charge in [-0.25, -0.2) is 14.7 Å². The van der Waals surface area contributed by atoms with Crippen LogP contribution < -0.4 is 15.5 Å². The monoisotopic (exact) mass is 452 g/mol. The van der Waals surface area contributed by atoms with Crippen LogP contribution >= 0.6 is 11.6 Å². The van der Waals surface area contributed by atoms with Crippen LogP contribution in [0.15, 0.2) is 66.7 Å². The first kappa shape index (κ1) is 21.5. The Kier molecular flexibility index (Phi) is 5.63. The quantitative estimate of drug-likeness (QED) is 0.448. The number of anilines is 2. The van der Waals surface area contributed by atoms with Gasteiger partial charge in [0, 0.05) is 12.1 Å². The zero-order chi connectivity index (χ0) is 22.9. The number of rotatable bonds is 5. The number of nitrogens with zero attached hydrogens (tertiary/aromatic N) is 2. The van der Waals surface area contributed by atoms with E-state index in [0.29, 0.717) is 12.1 Å². The van der Waals surface area contributed by atoms with Crippen molar-refractivity contribution >= 4 is 40.8 Å². The average Bonchev–Trinajstić information content (AvgIpc) is 2.97. The normalized spacial score (nSPS) is 17.9. The van der Waals surface area contributed by atoms with Crippen LogP contribution in [-0.4, -0.2) is 28.4 Å². The number of amides is 4. The average molecular weight is 453 g/mol. The Morgan fingerprint density at radius 1 is 1.12 bits per heavy atom. The Bertz CT molecular complexity index is 1220. The SMILES string of the molecule is C[C@@]1(Cc2ccccc2)NC(=O)N(c2ccc(NC(=O)c3cccc(F)n3)cc2Cl)C1=O. The fourth-order valence-electron chi connectivity index (χ4n) is 3.52. The number of hydrogen-bond donors (Lipinski definition) is 2. The number of benzene rings is 2. The third-order valence-corrected chi connectivity index (χ3v) is 5.36. The van der Waals surface area contributed by atoms with Gasteiger partial charge in [-0.1, -0.05) is 48.0 Å². The van der Waals surface area contributed by atoms with Crippen molar-refractivity contribution in [1.29, 1.82) is 0 Å². The Labute approximate surface area is 188 Å². The molecule has 4 rings (SSSR count). The van der Waals surface area contributed by atoms with Gasteiger partial charge in [0.1, 0.15) is 11.2 Å². The predicted molar refractivity (Wildman–Crippen MR) is 118 cm³/mol. The Morgan fingerprint density at radius 3 is 2.56 bits per heavy atom. The number of halogens is 2. The fourth-order valence-corrected chi connectivity index (χ4v) is 3.79. The number of carbonyl (C=O) groups is 3. The lowest BCUT2D eigenvalue weighted by Crippen LogP contribution is -2.46. The van der Waals surface area contributed by atoms with E-state index in [1.165, 1.54) is 30.3 Å². The van der Waals surface area contributed by atoms with E-state index >= 15 is 0 Å². The van der Waals surface area contributed by atoms with Crippen LogP contribution in [0.3, 0.4) is 0 Å². The largest absolute Gasteiger partial charge is 0.329 e. The minimum atomic E-state index is -1.13. The van der Waals surface area contributed by atoms with Crippen molar-refractivity contribution in [2.45, 2.75) is 18.9 Å². The zero-order valence-corrected chi connectivity index (χ0v) is 17.7. The molecule has 0 radical (unpaired) electrons. The molecule has 0 saturated carbocycles. The molecule has 0 unspecified atom stereocenters. The van der Waals surface area contributed by atoms with Gasteiger partial charge >= 0.3 is 6.03 Å². The van der Waals surface area contributed by atoms with Crippen molar-refractivity contribution in [3.05, 3.63) is 89.0 Å². The summed E-state index contributed by atoms with van der Waals surface area (Å²) in [5, 5.41) is 5.39. The standard InChI is InChI=1S/C23H18ClFN4O3/c1-23(13-14-6-3-2-4-7-14)21(31)29(22(32)28-23)18-11-10-15(12-16(18)24)26-20(30)17-8-5-9-19(25)27-17/h2-12H,13H2,1H3,(H,26,30)(H,28,32)/t23-/m0/s1. The second-order valence-corrected chi connectivity index (χ2v) is 7.94. The molecule has 2 heterocycles. The van der Waals surface area contributed by atoms with Gasteiger partial charge in [-0.2, -0.15) is 4.39 Å². The number of urea groups is 1. The lowest BCUT2D eigenvalue weighted by Gasteiger charge is -2.22. The smallest absolute Gasteiger partial charge is 0.323 e. The summed E-state index contributed by atoms with van der Waals surface area (Å²) >= 11 is 6.35. The molecule has 1 saturated heterocycles. The number of pyridine rings is 1. The highest BCUT2D eigenvalue weighted by Crippen LogP contribution is 2.34. The van der Waals surface area contributed by atoms with E-state index in [1.54, 1.807) is 6.92 Å². The van der Waals surface area contributed by atoms with Crippen molar-refractivity contribution in [2.75, 3.05) is 10.2 Å². The van der Waals surface area contributed by atoms with Crippen LogP contribution in [0.25, 0.3) is 0 Å². The molecule has 1 aliphatic heterocycles. The van der Waals surface area contributed by atoms with Gasteiger partial charge in [0.25, 0.3) is 11.8 Å². The molecule has 2 aromatic carbocycles. The predicted octanol–water partition coefficient (Wildman–Crippen LogP) is 4.18. The maximum absolute atomic E-state index is 13.2. The van der Waals surface area contributed by atoms with Crippen LogP contribution in [0, 0.1) is 5.95 Å². The highest BCUT2D eigenvalue weighted by molar-refractivity contribution is 6.36. The molecular formula is C23H18ClFN4O3. The summed E-state index contributed by atoms with van der Waals surface area (Å²) in [6, 6.07) is 17.0. The molecule has 1 fully saturated rings. The van der Waals surface area contributed by atoms with Gasteiger partial charge in [-0.15, -0.1) is 0 Å². The zero-order valence-electron chi connectivity index (χ0n) is 16.9. The molecule has 1 aromatic heterocycles. The van der Waals surface area contributed by atoms with Crippen molar-refractivity contribution < 1.29 is 18.8 Å². The second-order valence-electron chi connectivity index (χ2n) is 7.53. The van der Waals surface area contributed by atoms with Crippen molar-refractivity contribution in [3.63, 3.8) is 0 Å². The number of nitrogens with one attached hydrogen (secondary N) is 2. The first-order valence-corrected chi connectivity index (χ1v) is 10.1. The molecule has 3 aromatic rings. The molecule has 32 heavy (non-hydrogen) atoms. The molecule has 0 aliphatic carbocycles. The topological polar surface area (TPSA) is 91.4 Å². The Morgan fingerprint density at radius 2 is 1.88 bits per heavy atom. The summed E-state index contributed by atoms with van der Waals surface area (Å²) in [6.07, 6.45) is 0.321. The first-order chi connectivity index (χ1) is 15.3. The first-order valence-electron chi connectivity index (χ1n) is 9.71. The van der Waals surface area contributed by atoms with Crippen molar-refractivity contribution in [2.24, 2.45) is 0 Å². The highest BCUT2D eigenvalue weighted by atomic mass is 35.5. The molecule has 7 nitrogen and oxygen atoms in total. The summed E-state index contributed by atoms with van der Waals surface area (Å²) in [4.78, 5) is 42.6. The van der Waals surface area contributed by atoms with Gasteiger partial charge in [-0.3, -0.25) is 9.59 Å². The van der Waals surface area contributed by atoms with E-state index in [-0.39, 0.29) is 16.4 Å². The summed E-state index contributed by atoms with van der Waals surface area (Å²) in [7, 11) is 0. The van der Waals surface area contributed by atoms with Gasteiger partial charge in [0.15, 0.2) is 0 Å². The summed E-state index contributed by atoms with van der Waals surface area (Å²) in [5.74, 6) is -1.84. The van der Waals surface area contributed by atoms with E-state index in [1.807, 2.05) is 30.3 Å². The lowest BCUT2D eigenvalue weighted by molar-refractivity contribution is -0.121. The lowest BCUT2D eigenvalue weighted by atomic mass is 9.93. The van der Waals surface area contributed by atoms with E-state index in [2.05, 4.69) is 15.6 Å². The maximum atomic E-state index is 13.2. The number of hydrogen-bond acceptors (Lipinski definition) is 4. The van der Waals surface area contributed by atoms with E-state index < -0.39 is 29.3 Å². The summed E-state index contributed by atoms with van der Waals surface area (Å²) in [5.41, 5.74) is 0.163. The van der Waals surface area contributed by atoms with Crippen LogP contribution in [0.1, 0.15) is 23.0 Å². The van der Waals surface area contributed by atoms with Crippen molar-refractivity contribution in [3.8, 4) is 0 Å². The van der Waals surface area contributed by atoms with E-state index in [4.69, 9.17) is 11.6 Å². The Hall–Kier alpha value is -3.78. The van der Waals surface area contributed by atoms with Crippen molar-refractivity contribution in [1.82, 2.24) is 10.3 Å². The van der Waals surface area contributed by atoms with Crippen LogP contribution in [0.2, 0.25) is 5.02 Å².